The van der Waals surface area contributed by atoms with E-state index in [4.69, 9.17) is 0 Å². The van der Waals surface area contributed by atoms with Gasteiger partial charge in [0.2, 0.25) is 10.0 Å². The average molecular weight is 680 g/mol. The molecule has 0 heterocycles. The van der Waals surface area contributed by atoms with Gasteiger partial charge in [-0.2, -0.15) is 0 Å². The maximum Gasteiger partial charge on any atom is 0.240 e. The molecule has 0 aliphatic carbocycles. The zero-order valence-electron chi connectivity index (χ0n) is 26.1. The molecule has 0 aromatic heterocycles. The van der Waals surface area contributed by atoms with E-state index in [0.29, 0.717) is 0 Å². The lowest BCUT2D eigenvalue weighted by Gasteiger charge is -2.25. The van der Waals surface area contributed by atoms with Gasteiger partial charge in [-0.15, -0.1) is 0 Å². The minimum absolute atomic E-state index is 0.0248. The summed E-state index contributed by atoms with van der Waals surface area (Å²) in [5, 5.41) is 16.5. The lowest BCUT2D eigenvalue weighted by atomic mass is 9.81. The lowest BCUT2D eigenvalue weighted by molar-refractivity contribution is -0.119. The van der Waals surface area contributed by atoms with Crippen LogP contribution in [0.2, 0.25) is 0 Å². The van der Waals surface area contributed by atoms with E-state index in [1.807, 2.05) is 0 Å². The van der Waals surface area contributed by atoms with E-state index in [1.165, 1.54) is 60.7 Å². The zero-order chi connectivity index (χ0) is 34.7. The highest BCUT2D eigenvalue weighted by atomic mass is 32.2. The number of sulfonamides is 1. The summed E-state index contributed by atoms with van der Waals surface area (Å²) in [4.78, 5) is 16.8. The molecule has 4 aromatic rings. The standard InChI is InChI=1S/C35H36F3N5O4S/c1-23(44)21-40-22-29(42-48(46,47)30-13-3-2-4-14-30)16-17-31-24(8-7-15-32(31)38)20-33(45)35(41-43-39)34(25-9-5-11-27(36)18-25)26-10-6-12-28(37)19-26/h2-15,18-19,23,29,34-35,40,42,44H,16-17,20-22H2,1H3/t23-,29+,35-/m1/s1. The number of aliphatic hydroxyl groups excluding tert-OH is 1. The first-order valence-electron chi connectivity index (χ1n) is 15.3. The first-order valence-corrected chi connectivity index (χ1v) is 16.8. The molecule has 252 valence electrons. The molecule has 0 fully saturated rings. The van der Waals surface area contributed by atoms with Crippen LogP contribution in [-0.2, 0) is 27.7 Å². The van der Waals surface area contributed by atoms with Crippen LogP contribution in [0.25, 0.3) is 10.4 Å². The van der Waals surface area contributed by atoms with Gasteiger partial charge in [-0.1, -0.05) is 59.7 Å². The summed E-state index contributed by atoms with van der Waals surface area (Å²) in [5.41, 5.74) is 10.5. The third-order valence-corrected chi connectivity index (χ3v) is 9.30. The summed E-state index contributed by atoms with van der Waals surface area (Å²) in [6.45, 7) is 1.90. The molecular weight excluding hydrogens is 643 g/mol. The number of azide groups is 1. The van der Waals surface area contributed by atoms with Crippen molar-refractivity contribution in [1.29, 1.82) is 0 Å². The molecule has 0 aliphatic heterocycles. The Bertz CT molecular complexity index is 1810. The number of aliphatic hydroxyl groups is 1. The second-order valence-corrected chi connectivity index (χ2v) is 13.1. The van der Waals surface area contributed by atoms with Crippen molar-refractivity contribution < 1.29 is 31.5 Å². The Labute approximate surface area is 277 Å². The van der Waals surface area contributed by atoms with E-state index >= 15 is 4.39 Å². The number of benzene rings is 4. The quantitative estimate of drug-likeness (QED) is 0.0715. The molecule has 0 amide bonds. The third kappa shape index (κ3) is 9.99. The van der Waals surface area contributed by atoms with Gasteiger partial charge in [-0.25, -0.2) is 26.3 Å². The predicted octanol–water partition coefficient (Wildman–Crippen LogP) is 5.98. The molecule has 13 heteroatoms. The number of carbonyl (C=O) groups excluding carboxylic acids is 1. The van der Waals surface area contributed by atoms with Crippen molar-refractivity contribution in [3.05, 3.63) is 147 Å². The molecule has 0 saturated carbocycles. The number of ketones is 1. The molecule has 0 bridgehead atoms. The van der Waals surface area contributed by atoms with Crippen LogP contribution in [0.1, 0.15) is 41.5 Å². The summed E-state index contributed by atoms with van der Waals surface area (Å²) in [5.74, 6) is -3.48. The smallest absolute Gasteiger partial charge is 0.240 e. The molecule has 0 saturated heterocycles. The molecule has 4 rings (SSSR count). The molecule has 3 N–H and O–H groups in total. The first-order chi connectivity index (χ1) is 23.0. The van der Waals surface area contributed by atoms with Crippen molar-refractivity contribution in [3.8, 4) is 0 Å². The second kappa shape index (κ2) is 17.0. The van der Waals surface area contributed by atoms with Crippen LogP contribution in [0.15, 0.2) is 107 Å². The van der Waals surface area contributed by atoms with E-state index in [2.05, 4.69) is 20.1 Å². The van der Waals surface area contributed by atoms with Crippen molar-refractivity contribution in [2.24, 2.45) is 5.11 Å². The highest BCUT2D eigenvalue weighted by Crippen LogP contribution is 2.33. The summed E-state index contributed by atoms with van der Waals surface area (Å²) < 4.78 is 72.9. The average Bonchev–Trinajstić information content (AvgIpc) is 3.04. The van der Waals surface area contributed by atoms with Crippen LogP contribution in [0, 0.1) is 17.5 Å². The molecule has 48 heavy (non-hydrogen) atoms. The largest absolute Gasteiger partial charge is 0.392 e. The Balaban J connectivity index is 1.62. The Kier molecular flexibility index (Phi) is 12.9. The Morgan fingerprint density at radius 3 is 2.10 bits per heavy atom. The Morgan fingerprint density at radius 2 is 1.52 bits per heavy atom. The normalized spacial score (nSPS) is 13.5. The van der Waals surface area contributed by atoms with Crippen LogP contribution in [-0.4, -0.2) is 50.6 Å². The number of nitrogens with one attached hydrogen (secondary N) is 2. The van der Waals surface area contributed by atoms with Crippen molar-refractivity contribution in [1.82, 2.24) is 10.0 Å². The number of halogens is 3. The third-order valence-electron chi connectivity index (χ3n) is 7.77. The van der Waals surface area contributed by atoms with Gasteiger partial charge in [-0.05, 0) is 90.0 Å². The summed E-state index contributed by atoms with van der Waals surface area (Å²) in [7, 11) is -3.94. The maximum absolute atomic E-state index is 15.4. The van der Waals surface area contributed by atoms with Gasteiger partial charge in [0.15, 0.2) is 0 Å². The van der Waals surface area contributed by atoms with Crippen molar-refractivity contribution in [2.45, 2.75) is 55.2 Å². The van der Waals surface area contributed by atoms with Crippen molar-refractivity contribution in [2.75, 3.05) is 13.1 Å². The Morgan fingerprint density at radius 1 is 0.896 bits per heavy atom. The van der Waals surface area contributed by atoms with Crippen LogP contribution in [0.3, 0.4) is 0 Å². The maximum atomic E-state index is 15.4. The molecule has 0 aliphatic rings. The minimum Gasteiger partial charge on any atom is -0.392 e. The highest BCUT2D eigenvalue weighted by Gasteiger charge is 2.31. The summed E-state index contributed by atoms with van der Waals surface area (Å²) in [6, 6.07) is 20.5. The summed E-state index contributed by atoms with van der Waals surface area (Å²) >= 11 is 0. The minimum atomic E-state index is -3.94. The van der Waals surface area contributed by atoms with Crippen LogP contribution in [0.5, 0.6) is 0 Å². The number of Topliss-reactive ketones (excluding diaryl/α,β-unsaturated/α-hetero) is 1. The van der Waals surface area contributed by atoms with E-state index in [-0.39, 0.29) is 59.5 Å². The Hall–Kier alpha value is -4.52. The van der Waals surface area contributed by atoms with Gasteiger partial charge in [-0.3, -0.25) is 4.79 Å². The second-order valence-electron chi connectivity index (χ2n) is 11.4. The van der Waals surface area contributed by atoms with E-state index in [0.717, 1.165) is 0 Å². The van der Waals surface area contributed by atoms with Gasteiger partial charge in [0.1, 0.15) is 29.3 Å². The zero-order valence-corrected chi connectivity index (χ0v) is 27.0. The molecule has 0 radical (unpaired) electrons. The number of hydrogen-bond donors (Lipinski definition) is 3. The summed E-state index contributed by atoms with van der Waals surface area (Å²) in [6.07, 6.45) is -0.917. The predicted molar refractivity (Wildman–Crippen MR) is 176 cm³/mol. The van der Waals surface area contributed by atoms with Gasteiger partial charge < -0.3 is 10.4 Å². The SMILES string of the molecule is C[C@@H](O)CNC[C@H](CCc1c(F)cccc1CC(=O)[C@@H](N=[N+]=[N-])C(c1cccc(F)c1)c1cccc(F)c1)NS(=O)(=O)c1ccccc1. The number of nitrogens with zero attached hydrogens (tertiary/aromatic N) is 3. The fourth-order valence-corrected chi connectivity index (χ4v) is 6.84. The van der Waals surface area contributed by atoms with Crippen LogP contribution >= 0.6 is 0 Å². The van der Waals surface area contributed by atoms with Gasteiger partial charge in [0.05, 0.1) is 11.0 Å². The van der Waals surface area contributed by atoms with Gasteiger partial charge >= 0.3 is 0 Å². The molecule has 4 aromatic carbocycles. The molecule has 3 atom stereocenters. The number of hydrogen-bond acceptors (Lipinski definition) is 6. The fourth-order valence-electron chi connectivity index (χ4n) is 5.55. The molecule has 9 nitrogen and oxygen atoms in total. The molecular formula is C35H36F3N5O4S. The lowest BCUT2D eigenvalue weighted by Crippen LogP contribution is -2.43. The first kappa shape index (κ1) is 36.3. The van der Waals surface area contributed by atoms with Crippen LogP contribution < -0.4 is 10.0 Å². The van der Waals surface area contributed by atoms with Crippen molar-refractivity contribution >= 4 is 15.8 Å². The van der Waals surface area contributed by atoms with E-state index < -0.39 is 57.4 Å². The van der Waals surface area contributed by atoms with E-state index in [1.54, 1.807) is 43.3 Å². The highest BCUT2D eigenvalue weighted by molar-refractivity contribution is 7.89. The number of rotatable bonds is 17. The van der Waals surface area contributed by atoms with Crippen LogP contribution in [0.4, 0.5) is 13.2 Å². The fraction of sp³-hybridized carbons (Fsp3) is 0.286. The monoisotopic (exact) mass is 679 g/mol. The molecule has 0 unspecified atom stereocenters. The van der Waals surface area contributed by atoms with Crippen molar-refractivity contribution in [3.63, 3.8) is 0 Å². The number of carbonyl (C=O) groups is 1. The van der Waals surface area contributed by atoms with Gasteiger partial charge in [0.25, 0.3) is 0 Å². The molecule has 0 spiro atoms. The van der Waals surface area contributed by atoms with E-state index in [9.17, 15) is 32.6 Å². The topological polar surface area (TPSA) is 144 Å². The van der Waals surface area contributed by atoms with Gasteiger partial charge in [0, 0.05) is 36.4 Å².